The zero-order valence-corrected chi connectivity index (χ0v) is 13.0. The first-order chi connectivity index (χ1) is 9.67. The van der Waals surface area contributed by atoms with Crippen molar-refractivity contribution in [2.75, 3.05) is 40.9 Å². The molecule has 0 aliphatic carbocycles. The number of nitrogens with one attached hydrogen (secondary N) is 1. The van der Waals surface area contributed by atoms with Gasteiger partial charge < -0.3 is 19.7 Å². The van der Waals surface area contributed by atoms with E-state index in [0.717, 1.165) is 24.0 Å². The summed E-state index contributed by atoms with van der Waals surface area (Å²) in [6.07, 6.45) is 1.31. The zero-order chi connectivity index (χ0) is 14.5. The van der Waals surface area contributed by atoms with Crippen molar-refractivity contribution in [1.82, 2.24) is 10.2 Å². The topological polar surface area (TPSA) is 33.7 Å². The van der Waals surface area contributed by atoms with Gasteiger partial charge in [0.25, 0.3) is 0 Å². The SMILES string of the molecule is CNC(CN1CCC(C)C1)c1ccc(OC)c(OC)c1. The number of ether oxygens (including phenoxy) is 2. The van der Waals surface area contributed by atoms with Crippen molar-refractivity contribution in [3.63, 3.8) is 0 Å². The third-order valence-electron chi connectivity index (χ3n) is 4.11. The number of benzene rings is 1. The van der Waals surface area contributed by atoms with E-state index in [1.54, 1.807) is 14.2 Å². The number of methoxy groups -OCH3 is 2. The Balaban J connectivity index is 2.10. The summed E-state index contributed by atoms with van der Waals surface area (Å²) in [5.74, 6) is 2.39. The lowest BCUT2D eigenvalue weighted by Crippen LogP contribution is -2.32. The fraction of sp³-hybridized carbons (Fsp3) is 0.625. The maximum absolute atomic E-state index is 5.39. The summed E-state index contributed by atoms with van der Waals surface area (Å²) in [7, 11) is 5.36. The highest BCUT2D eigenvalue weighted by Crippen LogP contribution is 2.30. The van der Waals surface area contributed by atoms with Crippen molar-refractivity contribution < 1.29 is 9.47 Å². The summed E-state index contributed by atoms with van der Waals surface area (Å²) in [6.45, 7) is 5.76. The first-order valence-corrected chi connectivity index (χ1v) is 7.29. The number of hydrogen-bond donors (Lipinski definition) is 1. The molecule has 20 heavy (non-hydrogen) atoms. The second kappa shape index (κ2) is 6.95. The Kier molecular flexibility index (Phi) is 5.26. The Morgan fingerprint density at radius 3 is 2.60 bits per heavy atom. The molecule has 112 valence electrons. The van der Waals surface area contributed by atoms with E-state index < -0.39 is 0 Å². The first-order valence-electron chi connectivity index (χ1n) is 7.29. The van der Waals surface area contributed by atoms with Crippen LogP contribution in [0.25, 0.3) is 0 Å². The van der Waals surface area contributed by atoms with Crippen LogP contribution in [0, 0.1) is 5.92 Å². The van der Waals surface area contributed by atoms with E-state index >= 15 is 0 Å². The molecule has 1 N–H and O–H groups in total. The van der Waals surface area contributed by atoms with Gasteiger partial charge in [-0.1, -0.05) is 13.0 Å². The third kappa shape index (κ3) is 3.44. The lowest BCUT2D eigenvalue weighted by molar-refractivity contribution is 0.290. The lowest BCUT2D eigenvalue weighted by Gasteiger charge is -2.24. The lowest BCUT2D eigenvalue weighted by atomic mass is 10.1. The van der Waals surface area contributed by atoms with Crippen molar-refractivity contribution >= 4 is 0 Å². The molecule has 1 aliphatic heterocycles. The van der Waals surface area contributed by atoms with Gasteiger partial charge in [-0.2, -0.15) is 0 Å². The van der Waals surface area contributed by atoms with Gasteiger partial charge in [-0.15, -0.1) is 0 Å². The van der Waals surface area contributed by atoms with Gasteiger partial charge in [-0.05, 0) is 43.6 Å². The van der Waals surface area contributed by atoms with Crippen molar-refractivity contribution in [1.29, 1.82) is 0 Å². The van der Waals surface area contributed by atoms with Crippen LogP contribution in [0.3, 0.4) is 0 Å². The van der Waals surface area contributed by atoms with E-state index in [-0.39, 0.29) is 0 Å². The second-order valence-corrected chi connectivity index (χ2v) is 5.61. The predicted octanol–water partition coefficient (Wildman–Crippen LogP) is 2.31. The molecule has 0 amide bonds. The van der Waals surface area contributed by atoms with Crippen molar-refractivity contribution in [3.8, 4) is 11.5 Å². The van der Waals surface area contributed by atoms with Crippen molar-refractivity contribution in [2.45, 2.75) is 19.4 Å². The summed E-state index contributed by atoms with van der Waals surface area (Å²) >= 11 is 0. The standard InChI is InChI=1S/C16H26N2O2/c1-12-7-8-18(10-12)11-14(17-2)13-5-6-15(19-3)16(9-13)20-4/h5-6,9,12,14,17H,7-8,10-11H2,1-4H3. The monoisotopic (exact) mass is 278 g/mol. The molecule has 1 fully saturated rings. The average Bonchev–Trinajstić information content (AvgIpc) is 2.89. The van der Waals surface area contributed by atoms with Gasteiger partial charge in [0, 0.05) is 19.1 Å². The molecule has 0 aromatic heterocycles. The number of likely N-dealkylation sites (N-methyl/N-ethyl adjacent to an activating group) is 1. The average molecular weight is 278 g/mol. The van der Waals surface area contributed by atoms with Crippen LogP contribution in [0.4, 0.5) is 0 Å². The molecule has 0 radical (unpaired) electrons. The van der Waals surface area contributed by atoms with E-state index in [9.17, 15) is 0 Å². The van der Waals surface area contributed by atoms with Gasteiger partial charge in [-0.25, -0.2) is 0 Å². The summed E-state index contributed by atoms with van der Waals surface area (Å²) in [5.41, 5.74) is 1.24. The Hall–Kier alpha value is -1.26. The van der Waals surface area contributed by atoms with Gasteiger partial charge in [0.15, 0.2) is 11.5 Å². The predicted molar refractivity (Wildman–Crippen MR) is 81.6 cm³/mol. The molecule has 4 nitrogen and oxygen atoms in total. The molecule has 2 atom stereocenters. The maximum Gasteiger partial charge on any atom is 0.161 e. The minimum atomic E-state index is 0.320. The molecule has 0 spiro atoms. The van der Waals surface area contributed by atoms with E-state index in [1.165, 1.54) is 25.1 Å². The van der Waals surface area contributed by atoms with Gasteiger partial charge in [0.1, 0.15) is 0 Å². The van der Waals surface area contributed by atoms with Crippen LogP contribution in [0.1, 0.15) is 24.9 Å². The highest BCUT2D eigenvalue weighted by atomic mass is 16.5. The zero-order valence-electron chi connectivity index (χ0n) is 13.0. The minimum Gasteiger partial charge on any atom is -0.493 e. The van der Waals surface area contributed by atoms with Gasteiger partial charge in [-0.3, -0.25) is 0 Å². The first kappa shape index (κ1) is 15.1. The molecule has 1 heterocycles. The van der Waals surface area contributed by atoms with Gasteiger partial charge in [0.2, 0.25) is 0 Å². The van der Waals surface area contributed by atoms with Crippen LogP contribution >= 0.6 is 0 Å². The molecule has 0 bridgehead atoms. The van der Waals surface area contributed by atoms with E-state index in [4.69, 9.17) is 9.47 Å². The molecular formula is C16H26N2O2. The van der Waals surface area contributed by atoms with E-state index in [0.29, 0.717) is 6.04 Å². The van der Waals surface area contributed by atoms with Crippen LogP contribution in [-0.2, 0) is 0 Å². The second-order valence-electron chi connectivity index (χ2n) is 5.61. The van der Waals surface area contributed by atoms with Crippen LogP contribution < -0.4 is 14.8 Å². The molecule has 0 saturated carbocycles. The smallest absolute Gasteiger partial charge is 0.161 e. The molecule has 1 saturated heterocycles. The highest BCUT2D eigenvalue weighted by molar-refractivity contribution is 5.43. The summed E-state index contributed by atoms with van der Waals surface area (Å²) < 4.78 is 10.7. The van der Waals surface area contributed by atoms with E-state index in [1.807, 2.05) is 13.1 Å². The van der Waals surface area contributed by atoms with E-state index in [2.05, 4.69) is 29.3 Å². The van der Waals surface area contributed by atoms with Crippen molar-refractivity contribution in [2.24, 2.45) is 5.92 Å². The molecular weight excluding hydrogens is 252 g/mol. The largest absolute Gasteiger partial charge is 0.493 e. The van der Waals surface area contributed by atoms with Crippen LogP contribution in [0.5, 0.6) is 11.5 Å². The Bertz CT molecular complexity index is 436. The number of hydrogen-bond acceptors (Lipinski definition) is 4. The minimum absolute atomic E-state index is 0.320. The summed E-state index contributed by atoms with van der Waals surface area (Å²) in [6, 6.07) is 6.48. The fourth-order valence-electron chi connectivity index (χ4n) is 2.88. The fourth-order valence-corrected chi connectivity index (χ4v) is 2.88. The summed E-state index contributed by atoms with van der Waals surface area (Å²) in [4.78, 5) is 2.53. The third-order valence-corrected chi connectivity index (χ3v) is 4.11. The maximum atomic E-state index is 5.39. The van der Waals surface area contributed by atoms with Crippen molar-refractivity contribution in [3.05, 3.63) is 23.8 Å². The van der Waals surface area contributed by atoms with Crippen LogP contribution in [0.15, 0.2) is 18.2 Å². The Morgan fingerprint density at radius 2 is 2.05 bits per heavy atom. The van der Waals surface area contributed by atoms with Crippen LogP contribution in [0.2, 0.25) is 0 Å². The quantitative estimate of drug-likeness (QED) is 0.866. The molecule has 4 heteroatoms. The molecule has 1 aromatic rings. The molecule has 1 aliphatic rings. The molecule has 1 aromatic carbocycles. The van der Waals surface area contributed by atoms with Crippen LogP contribution in [-0.4, -0.2) is 45.8 Å². The Labute approximate surface area is 122 Å². The Morgan fingerprint density at radius 1 is 1.30 bits per heavy atom. The van der Waals surface area contributed by atoms with Gasteiger partial charge >= 0.3 is 0 Å². The highest BCUT2D eigenvalue weighted by Gasteiger charge is 2.22. The summed E-state index contributed by atoms with van der Waals surface area (Å²) in [5, 5.41) is 3.41. The van der Waals surface area contributed by atoms with Gasteiger partial charge in [0.05, 0.1) is 14.2 Å². The number of likely N-dealkylation sites (tertiary alicyclic amines) is 1. The molecule has 2 rings (SSSR count). The molecule has 2 unspecified atom stereocenters. The number of nitrogens with zero attached hydrogens (tertiary/aromatic N) is 1. The normalized spacial score (nSPS) is 20.9. The number of rotatable bonds is 6.